The molecule has 0 radical (unpaired) electrons. The van der Waals surface area contributed by atoms with E-state index in [4.69, 9.17) is 0 Å². The number of carboxylic acids is 1. The fourth-order valence-electron chi connectivity index (χ4n) is 2.86. The van der Waals surface area contributed by atoms with Crippen LogP contribution >= 0.6 is 0 Å². The van der Waals surface area contributed by atoms with Gasteiger partial charge in [0.25, 0.3) is 0 Å². The second-order valence-corrected chi connectivity index (χ2v) is 4.76. The van der Waals surface area contributed by atoms with Crippen LogP contribution in [0.1, 0.15) is 43.2 Å². The molecule has 86 valence electrons. The summed E-state index contributed by atoms with van der Waals surface area (Å²) in [5, 5.41) is 9.57. The van der Waals surface area contributed by atoms with Crippen LogP contribution in [-0.2, 0) is 10.2 Å². The zero-order valence-corrected chi connectivity index (χ0v) is 9.70. The summed E-state index contributed by atoms with van der Waals surface area (Å²) < 4.78 is 0. The van der Waals surface area contributed by atoms with Crippen LogP contribution in [-0.4, -0.2) is 11.1 Å². The molecule has 1 saturated carbocycles. The number of aryl methyl sites for hydroxylation is 1. The highest BCUT2D eigenvalue weighted by Crippen LogP contribution is 2.40. The van der Waals surface area contributed by atoms with Crippen molar-refractivity contribution in [3.8, 4) is 0 Å². The molecule has 0 atom stereocenters. The summed E-state index contributed by atoms with van der Waals surface area (Å²) >= 11 is 0. The van der Waals surface area contributed by atoms with Gasteiger partial charge in [-0.25, -0.2) is 0 Å². The maximum absolute atomic E-state index is 11.6. The van der Waals surface area contributed by atoms with Gasteiger partial charge in [-0.2, -0.15) is 0 Å². The highest BCUT2D eigenvalue weighted by molar-refractivity contribution is 5.82. The summed E-state index contributed by atoms with van der Waals surface area (Å²) in [6.45, 7) is 2.01. The average molecular weight is 218 g/mol. The number of carboxylic acid groups (broad SMARTS) is 1. The Labute approximate surface area is 96.3 Å². The van der Waals surface area contributed by atoms with Gasteiger partial charge in [0.1, 0.15) is 0 Å². The monoisotopic (exact) mass is 218 g/mol. The van der Waals surface area contributed by atoms with E-state index < -0.39 is 11.4 Å². The molecule has 0 unspecified atom stereocenters. The number of hydrogen-bond donors (Lipinski definition) is 1. The summed E-state index contributed by atoms with van der Waals surface area (Å²) in [5.41, 5.74) is 1.50. The van der Waals surface area contributed by atoms with Gasteiger partial charge in [0.15, 0.2) is 0 Å². The van der Waals surface area contributed by atoms with E-state index in [1.807, 2.05) is 31.2 Å². The lowest BCUT2D eigenvalue weighted by Crippen LogP contribution is -2.38. The van der Waals surface area contributed by atoms with Crippen LogP contribution in [0, 0.1) is 6.92 Å². The first kappa shape index (κ1) is 11.2. The number of hydrogen-bond acceptors (Lipinski definition) is 1. The number of rotatable bonds is 2. The summed E-state index contributed by atoms with van der Waals surface area (Å²) in [7, 11) is 0. The fourth-order valence-corrected chi connectivity index (χ4v) is 2.86. The minimum Gasteiger partial charge on any atom is -0.481 e. The summed E-state index contributed by atoms with van der Waals surface area (Å²) in [6.07, 6.45) is 4.79. The third-order valence-electron chi connectivity index (χ3n) is 3.78. The predicted molar refractivity (Wildman–Crippen MR) is 63.6 cm³/mol. The summed E-state index contributed by atoms with van der Waals surface area (Å²) in [4.78, 5) is 11.6. The topological polar surface area (TPSA) is 37.3 Å². The lowest BCUT2D eigenvalue weighted by Gasteiger charge is -2.34. The van der Waals surface area contributed by atoms with Gasteiger partial charge in [-0.15, -0.1) is 0 Å². The Morgan fingerprint density at radius 2 is 1.81 bits per heavy atom. The molecule has 1 fully saturated rings. The van der Waals surface area contributed by atoms with Crippen molar-refractivity contribution < 1.29 is 9.90 Å². The third-order valence-corrected chi connectivity index (χ3v) is 3.78. The maximum atomic E-state index is 11.6. The molecule has 1 aliphatic rings. The Morgan fingerprint density at radius 3 is 2.38 bits per heavy atom. The number of aliphatic carboxylic acids is 1. The molecule has 0 amide bonds. The van der Waals surface area contributed by atoms with Gasteiger partial charge in [-0.1, -0.05) is 43.5 Å². The first-order chi connectivity index (χ1) is 7.67. The average Bonchev–Trinajstić information content (AvgIpc) is 2.30. The van der Waals surface area contributed by atoms with Crippen molar-refractivity contribution in [1.82, 2.24) is 0 Å². The minimum atomic E-state index is -0.651. The Balaban J connectivity index is 2.47. The maximum Gasteiger partial charge on any atom is 0.314 e. The molecule has 0 bridgehead atoms. The molecular weight excluding hydrogens is 200 g/mol. The minimum absolute atomic E-state index is 0.621. The molecule has 0 spiro atoms. The van der Waals surface area contributed by atoms with E-state index in [2.05, 4.69) is 0 Å². The standard InChI is InChI=1S/C14H18O2/c1-11-7-3-4-8-12(11)14(13(15)16)9-5-2-6-10-14/h3-4,7-8H,2,5-6,9-10H2,1H3,(H,15,16). The van der Waals surface area contributed by atoms with Crippen molar-refractivity contribution >= 4 is 5.97 Å². The molecule has 1 aliphatic carbocycles. The summed E-state index contributed by atoms with van der Waals surface area (Å²) in [5.74, 6) is -0.651. The van der Waals surface area contributed by atoms with Crippen molar-refractivity contribution in [2.24, 2.45) is 0 Å². The van der Waals surface area contributed by atoms with Crippen LogP contribution in [0.3, 0.4) is 0 Å². The number of carbonyl (C=O) groups is 1. The lowest BCUT2D eigenvalue weighted by atomic mass is 9.68. The smallest absolute Gasteiger partial charge is 0.314 e. The van der Waals surface area contributed by atoms with Gasteiger partial charge in [0.2, 0.25) is 0 Å². The lowest BCUT2D eigenvalue weighted by molar-refractivity contribution is -0.145. The van der Waals surface area contributed by atoms with Gasteiger partial charge in [-0.05, 0) is 30.9 Å². The molecule has 16 heavy (non-hydrogen) atoms. The second kappa shape index (κ2) is 4.28. The van der Waals surface area contributed by atoms with E-state index in [9.17, 15) is 9.90 Å². The Hall–Kier alpha value is -1.31. The summed E-state index contributed by atoms with van der Waals surface area (Å²) in [6, 6.07) is 7.91. The van der Waals surface area contributed by atoms with E-state index in [0.29, 0.717) is 0 Å². The molecule has 2 rings (SSSR count). The van der Waals surface area contributed by atoms with E-state index >= 15 is 0 Å². The molecular formula is C14H18O2. The molecule has 0 heterocycles. The van der Waals surface area contributed by atoms with Crippen molar-refractivity contribution in [3.05, 3.63) is 35.4 Å². The van der Waals surface area contributed by atoms with Crippen LogP contribution in [0.4, 0.5) is 0 Å². The van der Waals surface area contributed by atoms with Gasteiger partial charge in [0, 0.05) is 0 Å². The van der Waals surface area contributed by atoms with Crippen LogP contribution in [0.5, 0.6) is 0 Å². The van der Waals surface area contributed by atoms with Gasteiger partial charge < -0.3 is 5.11 Å². The van der Waals surface area contributed by atoms with E-state index in [1.54, 1.807) is 0 Å². The molecule has 1 aromatic rings. The number of benzene rings is 1. The zero-order chi connectivity index (χ0) is 11.6. The highest BCUT2D eigenvalue weighted by atomic mass is 16.4. The molecule has 2 nitrogen and oxygen atoms in total. The Morgan fingerprint density at radius 1 is 1.19 bits per heavy atom. The second-order valence-electron chi connectivity index (χ2n) is 4.76. The first-order valence-electron chi connectivity index (χ1n) is 5.96. The SMILES string of the molecule is Cc1ccccc1C1(C(=O)O)CCCCC1. The Bertz CT molecular complexity index is 389. The van der Waals surface area contributed by atoms with Gasteiger partial charge in [0.05, 0.1) is 5.41 Å². The van der Waals surface area contributed by atoms with Gasteiger partial charge in [-0.3, -0.25) is 4.79 Å². The fraction of sp³-hybridized carbons (Fsp3) is 0.500. The van der Waals surface area contributed by atoms with Crippen LogP contribution in [0.25, 0.3) is 0 Å². The van der Waals surface area contributed by atoms with E-state index in [0.717, 1.165) is 36.8 Å². The largest absolute Gasteiger partial charge is 0.481 e. The molecule has 0 aromatic heterocycles. The molecule has 1 aromatic carbocycles. The van der Waals surface area contributed by atoms with Crippen molar-refractivity contribution in [2.75, 3.05) is 0 Å². The van der Waals surface area contributed by atoms with Gasteiger partial charge >= 0.3 is 5.97 Å². The molecule has 0 saturated heterocycles. The first-order valence-corrected chi connectivity index (χ1v) is 5.96. The van der Waals surface area contributed by atoms with E-state index in [-0.39, 0.29) is 0 Å². The van der Waals surface area contributed by atoms with Crippen LogP contribution < -0.4 is 0 Å². The van der Waals surface area contributed by atoms with Crippen LogP contribution in [0.15, 0.2) is 24.3 Å². The highest BCUT2D eigenvalue weighted by Gasteiger charge is 2.41. The van der Waals surface area contributed by atoms with E-state index in [1.165, 1.54) is 6.42 Å². The van der Waals surface area contributed by atoms with Crippen LogP contribution in [0.2, 0.25) is 0 Å². The molecule has 0 aliphatic heterocycles. The normalized spacial score (nSPS) is 19.3. The predicted octanol–water partition coefficient (Wildman–Crippen LogP) is 3.28. The van der Waals surface area contributed by atoms with Crippen molar-refractivity contribution in [2.45, 2.75) is 44.4 Å². The molecule has 1 N–H and O–H groups in total. The molecule has 2 heteroatoms. The van der Waals surface area contributed by atoms with Crippen molar-refractivity contribution in [1.29, 1.82) is 0 Å². The Kier molecular flexibility index (Phi) is 2.99. The zero-order valence-electron chi connectivity index (χ0n) is 9.70. The quantitative estimate of drug-likeness (QED) is 0.827. The third kappa shape index (κ3) is 1.73. The van der Waals surface area contributed by atoms with Crippen molar-refractivity contribution in [3.63, 3.8) is 0 Å².